The van der Waals surface area contributed by atoms with Gasteiger partial charge in [0.05, 0.1) is 19.3 Å². The fourth-order valence-corrected chi connectivity index (χ4v) is 2.64. The van der Waals surface area contributed by atoms with Crippen LogP contribution in [0.2, 0.25) is 0 Å². The molecule has 7 heteroatoms. The number of aliphatic hydroxyl groups excluding tert-OH is 1. The molecule has 0 radical (unpaired) electrons. The van der Waals surface area contributed by atoms with E-state index in [0.29, 0.717) is 25.7 Å². The van der Waals surface area contributed by atoms with E-state index in [-0.39, 0.29) is 36.1 Å². The molecule has 0 spiro atoms. The average molecular weight is 501 g/mol. The summed E-state index contributed by atoms with van der Waals surface area (Å²) in [5.41, 5.74) is 2.37. The van der Waals surface area contributed by atoms with E-state index >= 15 is 0 Å². The summed E-state index contributed by atoms with van der Waals surface area (Å²) in [7, 11) is 0. The van der Waals surface area contributed by atoms with Gasteiger partial charge in [-0.2, -0.15) is 0 Å². The Morgan fingerprint density at radius 2 is 1.93 bits per heavy atom. The molecule has 0 saturated carbocycles. The molecule has 0 aliphatic heterocycles. The lowest BCUT2D eigenvalue weighted by Gasteiger charge is -2.16. The molecular formula is C21H29FIN3O2. The number of aliphatic hydroxyl groups is 1. The van der Waals surface area contributed by atoms with Crippen LogP contribution >= 0.6 is 24.0 Å². The van der Waals surface area contributed by atoms with Gasteiger partial charge in [-0.3, -0.25) is 0 Å². The maximum atomic E-state index is 13.8. The minimum Gasteiger partial charge on any atom is -0.494 e. The van der Waals surface area contributed by atoms with Crippen molar-refractivity contribution in [1.29, 1.82) is 0 Å². The number of nitrogens with one attached hydrogen (secondary N) is 2. The fourth-order valence-electron chi connectivity index (χ4n) is 2.64. The Hall–Kier alpha value is -1.87. The monoisotopic (exact) mass is 501 g/mol. The van der Waals surface area contributed by atoms with Crippen LogP contribution in [0.4, 0.5) is 4.39 Å². The number of halogens is 2. The minimum atomic E-state index is -0.964. The molecule has 0 heterocycles. The van der Waals surface area contributed by atoms with Crippen LogP contribution in [-0.2, 0) is 6.54 Å². The van der Waals surface area contributed by atoms with E-state index in [1.807, 2.05) is 39.0 Å². The van der Waals surface area contributed by atoms with Gasteiger partial charge in [-0.05, 0) is 38.5 Å². The second-order valence-electron chi connectivity index (χ2n) is 6.16. The van der Waals surface area contributed by atoms with Crippen LogP contribution in [0.25, 0.3) is 0 Å². The maximum Gasteiger partial charge on any atom is 0.191 e. The molecule has 0 aromatic heterocycles. The standard InChI is InChI=1S/C21H28FN3O2.HI/c1-4-23-21(25-14-19(26)17-8-6-7-9-18(17)22)24-13-16-11-10-15(3)12-20(16)27-5-2;/h6-12,19,26H,4-5,13-14H2,1-3H3,(H2,23,24,25);1H. The number of rotatable bonds is 8. The molecule has 0 aliphatic carbocycles. The van der Waals surface area contributed by atoms with Crippen LogP contribution in [0.3, 0.4) is 0 Å². The molecule has 3 N–H and O–H groups in total. The van der Waals surface area contributed by atoms with Gasteiger partial charge < -0.3 is 20.5 Å². The first kappa shape index (κ1) is 24.2. The number of hydrogen-bond donors (Lipinski definition) is 3. The Labute approximate surface area is 183 Å². The van der Waals surface area contributed by atoms with E-state index in [0.717, 1.165) is 16.9 Å². The van der Waals surface area contributed by atoms with Gasteiger partial charge in [-0.15, -0.1) is 24.0 Å². The quantitative estimate of drug-likeness (QED) is 0.291. The molecule has 5 nitrogen and oxygen atoms in total. The third kappa shape index (κ3) is 7.27. The Balaban J connectivity index is 0.00000392. The van der Waals surface area contributed by atoms with Gasteiger partial charge in [0, 0.05) is 24.2 Å². The van der Waals surface area contributed by atoms with E-state index < -0.39 is 11.9 Å². The summed E-state index contributed by atoms with van der Waals surface area (Å²) in [6, 6.07) is 12.2. The van der Waals surface area contributed by atoms with Gasteiger partial charge in [-0.1, -0.05) is 30.3 Å². The molecule has 0 fully saturated rings. The lowest BCUT2D eigenvalue weighted by molar-refractivity contribution is 0.176. The van der Waals surface area contributed by atoms with E-state index in [1.54, 1.807) is 18.2 Å². The number of aryl methyl sites for hydroxylation is 1. The summed E-state index contributed by atoms with van der Waals surface area (Å²) in [4.78, 5) is 4.55. The smallest absolute Gasteiger partial charge is 0.191 e. The summed E-state index contributed by atoms with van der Waals surface area (Å²) < 4.78 is 19.5. The third-order valence-corrected chi connectivity index (χ3v) is 4.00. The van der Waals surface area contributed by atoms with Gasteiger partial charge in [0.25, 0.3) is 0 Å². The third-order valence-electron chi connectivity index (χ3n) is 4.00. The van der Waals surface area contributed by atoms with Crippen molar-refractivity contribution in [2.75, 3.05) is 19.7 Å². The van der Waals surface area contributed by atoms with Crippen LogP contribution in [-0.4, -0.2) is 30.8 Å². The first-order chi connectivity index (χ1) is 13.0. The molecule has 0 aliphatic rings. The van der Waals surface area contributed by atoms with E-state index in [9.17, 15) is 9.50 Å². The highest BCUT2D eigenvalue weighted by molar-refractivity contribution is 14.0. The number of ether oxygens (including phenoxy) is 1. The zero-order chi connectivity index (χ0) is 19.6. The highest BCUT2D eigenvalue weighted by Crippen LogP contribution is 2.21. The predicted octanol–water partition coefficient (Wildman–Crippen LogP) is 3.94. The predicted molar refractivity (Wildman–Crippen MR) is 122 cm³/mol. The van der Waals surface area contributed by atoms with E-state index in [2.05, 4.69) is 15.6 Å². The molecule has 0 saturated heterocycles. The van der Waals surface area contributed by atoms with Crippen LogP contribution in [0, 0.1) is 12.7 Å². The number of nitrogens with zero attached hydrogens (tertiary/aromatic N) is 1. The Morgan fingerprint density at radius 1 is 1.18 bits per heavy atom. The van der Waals surface area contributed by atoms with Gasteiger partial charge in [0.2, 0.25) is 0 Å². The lowest BCUT2D eigenvalue weighted by atomic mass is 10.1. The lowest BCUT2D eigenvalue weighted by Crippen LogP contribution is -2.39. The second-order valence-corrected chi connectivity index (χ2v) is 6.16. The number of hydrogen-bond acceptors (Lipinski definition) is 3. The van der Waals surface area contributed by atoms with Crippen molar-refractivity contribution >= 4 is 29.9 Å². The van der Waals surface area contributed by atoms with Gasteiger partial charge >= 0.3 is 0 Å². The van der Waals surface area contributed by atoms with Gasteiger partial charge in [-0.25, -0.2) is 9.38 Å². The average Bonchev–Trinajstić information content (AvgIpc) is 2.65. The van der Waals surface area contributed by atoms with Crippen molar-refractivity contribution < 1.29 is 14.2 Å². The van der Waals surface area contributed by atoms with Crippen molar-refractivity contribution in [1.82, 2.24) is 10.6 Å². The number of aliphatic imine (C=N–C) groups is 1. The van der Waals surface area contributed by atoms with Crippen molar-refractivity contribution in [2.45, 2.75) is 33.4 Å². The van der Waals surface area contributed by atoms with Gasteiger partial charge in [0.1, 0.15) is 11.6 Å². The van der Waals surface area contributed by atoms with Crippen molar-refractivity contribution in [2.24, 2.45) is 4.99 Å². The molecule has 1 atom stereocenters. The Morgan fingerprint density at radius 3 is 2.61 bits per heavy atom. The number of guanidine groups is 1. The minimum absolute atomic E-state index is 0. The van der Waals surface area contributed by atoms with Crippen molar-refractivity contribution in [3.63, 3.8) is 0 Å². The van der Waals surface area contributed by atoms with Crippen LogP contribution < -0.4 is 15.4 Å². The molecule has 1 unspecified atom stereocenters. The summed E-state index contributed by atoms with van der Waals surface area (Å²) in [6.07, 6.45) is -0.964. The molecular weight excluding hydrogens is 472 g/mol. The largest absolute Gasteiger partial charge is 0.494 e. The van der Waals surface area contributed by atoms with Crippen LogP contribution in [0.5, 0.6) is 5.75 Å². The molecule has 154 valence electrons. The molecule has 28 heavy (non-hydrogen) atoms. The highest BCUT2D eigenvalue weighted by atomic mass is 127. The Kier molecular flexibility index (Phi) is 10.8. The molecule has 0 amide bonds. The van der Waals surface area contributed by atoms with E-state index in [1.165, 1.54) is 6.07 Å². The summed E-state index contributed by atoms with van der Waals surface area (Å²) >= 11 is 0. The van der Waals surface area contributed by atoms with Gasteiger partial charge in [0.15, 0.2) is 5.96 Å². The maximum absolute atomic E-state index is 13.8. The normalized spacial score (nSPS) is 12.1. The van der Waals surface area contributed by atoms with E-state index in [4.69, 9.17) is 4.74 Å². The fraction of sp³-hybridized carbons (Fsp3) is 0.381. The molecule has 2 aromatic rings. The molecule has 2 rings (SSSR count). The zero-order valence-electron chi connectivity index (χ0n) is 16.5. The van der Waals surface area contributed by atoms with Crippen LogP contribution in [0.15, 0.2) is 47.5 Å². The van der Waals surface area contributed by atoms with Crippen molar-refractivity contribution in [3.05, 3.63) is 65.0 Å². The van der Waals surface area contributed by atoms with Crippen molar-refractivity contribution in [3.8, 4) is 5.75 Å². The topological polar surface area (TPSA) is 65.9 Å². The number of benzene rings is 2. The summed E-state index contributed by atoms with van der Waals surface area (Å²) in [5, 5.41) is 16.4. The first-order valence-corrected chi connectivity index (χ1v) is 9.22. The molecule has 2 aromatic carbocycles. The molecule has 0 bridgehead atoms. The first-order valence-electron chi connectivity index (χ1n) is 9.22. The second kappa shape index (κ2) is 12.6. The van der Waals surface area contributed by atoms with Crippen LogP contribution in [0.1, 0.15) is 36.6 Å². The zero-order valence-corrected chi connectivity index (χ0v) is 18.9. The summed E-state index contributed by atoms with van der Waals surface area (Å²) in [6.45, 7) is 7.78. The summed E-state index contributed by atoms with van der Waals surface area (Å²) in [5.74, 6) is 0.953. The Bertz CT molecular complexity index is 771. The SMILES string of the molecule is CCNC(=NCc1ccc(C)cc1OCC)NCC(O)c1ccccc1F.I. The highest BCUT2D eigenvalue weighted by Gasteiger charge is 2.12.